The van der Waals surface area contributed by atoms with E-state index >= 15 is 0 Å². The van der Waals surface area contributed by atoms with Crippen molar-refractivity contribution in [3.05, 3.63) is 36.5 Å². The summed E-state index contributed by atoms with van der Waals surface area (Å²) in [6, 6.07) is 4.36. The van der Waals surface area contributed by atoms with Crippen LogP contribution in [0.25, 0.3) is 11.3 Å². The number of aryl methyl sites for hydroxylation is 1. The zero-order chi connectivity index (χ0) is 18.8. The van der Waals surface area contributed by atoms with Gasteiger partial charge >= 0.3 is 0 Å². The molecule has 136 valence electrons. The molecule has 1 aliphatic rings. The minimum atomic E-state index is 0.241. The van der Waals surface area contributed by atoms with Crippen molar-refractivity contribution in [3.63, 3.8) is 0 Å². The lowest BCUT2D eigenvalue weighted by Gasteiger charge is -2.34. The fraction of sp³-hybridized carbons (Fsp3) is 0.294. The molecule has 10 heteroatoms. The van der Waals surface area contributed by atoms with Gasteiger partial charge in [-0.2, -0.15) is 10.4 Å². The van der Waals surface area contributed by atoms with Gasteiger partial charge in [0.2, 0.25) is 0 Å². The van der Waals surface area contributed by atoms with E-state index in [9.17, 15) is 0 Å². The first kappa shape index (κ1) is 16.9. The van der Waals surface area contributed by atoms with Crippen LogP contribution in [0.4, 0.5) is 17.3 Å². The van der Waals surface area contributed by atoms with Gasteiger partial charge in [0, 0.05) is 37.0 Å². The number of hydrogen-bond donors (Lipinski definition) is 3. The predicted octanol–water partition coefficient (Wildman–Crippen LogP) is 1.18. The van der Waals surface area contributed by atoms with Crippen molar-refractivity contribution >= 4 is 17.3 Å². The molecular weight excluding hydrogens is 344 g/mol. The minimum Gasteiger partial charge on any atom is -0.380 e. The molecule has 0 unspecified atom stereocenters. The van der Waals surface area contributed by atoms with Crippen molar-refractivity contribution in [1.82, 2.24) is 29.9 Å². The standard InChI is InChI=1S/C17H18N10/c1-27-9-10(6-22-27)17-14(23-12-2-11(19)3-12)4-15(25-26-17)24-16-8-20-13(5-18)7-21-16/h4,6-9,11-12H,2-3,19H2,1H3,(H2,21,23,24,25). The molecule has 4 N–H and O–H groups in total. The third-order valence-corrected chi connectivity index (χ3v) is 4.33. The van der Waals surface area contributed by atoms with E-state index in [2.05, 4.69) is 35.9 Å². The van der Waals surface area contributed by atoms with Crippen molar-refractivity contribution in [3.8, 4) is 17.3 Å². The van der Waals surface area contributed by atoms with Gasteiger partial charge < -0.3 is 16.4 Å². The first-order valence-corrected chi connectivity index (χ1v) is 8.49. The molecule has 1 saturated carbocycles. The molecule has 0 amide bonds. The lowest BCUT2D eigenvalue weighted by atomic mass is 9.87. The van der Waals surface area contributed by atoms with Gasteiger partial charge in [0.25, 0.3) is 0 Å². The van der Waals surface area contributed by atoms with Crippen LogP contribution in [-0.2, 0) is 7.05 Å². The molecule has 3 heterocycles. The molecule has 1 fully saturated rings. The Balaban J connectivity index is 1.61. The van der Waals surface area contributed by atoms with Crippen LogP contribution in [0.3, 0.4) is 0 Å². The predicted molar refractivity (Wildman–Crippen MR) is 98.9 cm³/mol. The summed E-state index contributed by atoms with van der Waals surface area (Å²) in [6.45, 7) is 0. The second-order valence-electron chi connectivity index (χ2n) is 6.49. The smallest absolute Gasteiger partial charge is 0.158 e. The summed E-state index contributed by atoms with van der Waals surface area (Å²) in [5.74, 6) is 1.00. The maximum Gasteiger partial charge on any atom is 0.158 e. The monoisotopic (exact) mass is 362 g/mol. The highest BCUT2D eigenvalue weighted by Crippen LogP contribution is 2.31. The normalized spacial score (nSPS) is 18.4. The second-order valence-corrected chi connectivity index (χ2v) is 6.49. The van der Waals surface area contributed by atoms with Gasteiger partial charge in [-0.15, -0.1) is 10.2 Å². The highest BCUT2D eigenvalue weighted by atomic mass is 15.2. The molecule has 0 atom stereocenters. The van der Waals surface area contributed by atoms with Crippen LogP contribution in [0.15, 0.2) is 30.9 Å². The second kappa shape index (κ2) is 6.97. The van der Waals surface area contributed by atoms with Crippen LogP contribution in [0, 0.1) is 11.3 Å². The summed E-state index contributed by atoms with van der Waals surface area (Å²) in [5.41, 5.74) is 8.60. The number of nitriles is 1. The van der Waals surface area contributed by atoms with Crippen LogP contribution in [0.1, 0.15) is 18.5 Å². The first-order chi connectivity index (χ1) is 13.1. The number of rotatable bonds is 5. The highest BCUT2D eigenvalue weighted by molar-refractivity contribution is 5.76. The van der Waals surface area contributed by atoms with Crippen molar-refractivity contribution in [1.29, 1.82) is 5.26 Å². The number of nitrogens with two attached hydrogens (primary N) is 1. The molecule has 27 heavy (non-hydrogen) atoms. The van der Waals surface area contributed by atoms with Crippen LogP contribution in [-0.4, -0.2) is 42.0 Å². The number of aromatic nitrogens is 6. The van der Waals surface area contributed by atoms with Gasteiger partial charge in [0.1, 0.15) is 17.6 Å². The third-order valence-electron chi connectivity index (χ3n) is 4.33. The van der Waals surface area contributed by atoms with Gasteiger partial charge in [0.05, 0.1) is 24.3 Å². The van der Waals surface area contributed by atoms with Crippen LogP contribution < -0.4 is 16.4 Å². The largest absolute Gasteiger partial charge is 0.380 e. The van der Waals surface area contributed by atoms with Gasteiger partial charge in [-0.05, 0) is 12.8 Å². The molecule has 3 aromatic rings. The Hall–Kier alpha value is -3.58. The number of nitrogens with zero attached hydrogens (tertiary/aromatic N) is 7. The average molecular weight is 362 g/mol. The summed E-state index contributed by atoms with van der Waals surface area (Å²) >= 11 is 0. The van der Waals surface area contributed by atoms with Crippen molar-refractivity contribution in [2.75, 3.05) is 10.6 Å². The molecule has 0 saturated heterocycles. The van der Waals surface area contributed by atoms with Crippen molar-refractivity contribution in [2.24, 2.45) is 12.8 Å². The quantitative estimate of drug-likeness (QED) is 0.609. The SMILES string of the molecule is Cn1cc(-c2nnc(Nc3cnc(C#N)cn3)cc2NC2CC(N)C2)cn1. The molecule has 0 aliphatic heterocycles. The number of nitrogens with one attached hydrogen (secondary N) is 2. The Labute approximate surface area is 155 Å². The summed E-state index contributed by atoms with van der Waals surface area (Å²) in [5, 5.41) is 28.2. The molecule has 0 radical (unpaired) electrons. The molecule has 4 rings (SSSR count). The Bertz CT molecular complexity index is 982. The van der Waals surface area contributed by atoms with Crippen LogP contribution in [0.5, 0.6) is 0 Å². The Morgan fingerprint density at radius 1 is 1.19 bits per heavy atom. The van der Waals surface area contributed by atoms with E-state index in [0.29, 0.717) is 17.7 Å². The molecular formula is C17H18N10. The number of anilines is 3. The van der Waals surface area contributed by atoms with Crippen molar-refractivity contribution < 1.29 is 0 Å². The van der Waals surface area contributed by atoms with E-state index in [0.717, 1.165) is 29.8 Å². The van der Waals surface area contributed by atoms with E-state index in [-0.39, 0.29) is 11.7 Å². The molecule has 3 aromatic heterocycles. The van der Waals surface area contributed by atoms with Gasteiger partial charge in [-0.1, -0.05) is 0 Å². The van der Waals surface area contributed by atoms with Gasteiger partial charge in [-0.3, -0.25) is 4.68 Å². The zero-order valence-corrected chi connectivity index (χ0v) is 14.7. The highest BCUT2D eigenvalue weighted by Gasteiger charge is 2.27. The van der Waals surface area contributed by atoms with Gasteiger partial charge in [0.15, 0.2) is 11.5 Å². The summed E-state index contributed by atoms with van der Waals surface area (Å²) in [6.07, 6.45) is 8.35. The fourth-order valence-corrected chi connectivity index (χ4v) is 2.90. The first-order valence-electron chi connectivity index (χ1n) is 8.49. The zero-order valence-electron chi connectivity index (χ0n) is 14.7. The van der Waals surface area contributed by atoms with Gasteiger partial charge in [-0.25, -0.2) is 9.97 Å². The fourth-order valence-electron chi connectivity index (χ4n) is 2.90. The Morgan fingerprint density at radius 2 is 2.04 bits per heavy atom. The topological polar surface area (TPSA) is 143 Å². The van der Waals surface area contributed by atoms with Crippen LogP contribution in [0.2, 0.25) is 0 Å². The molecule has 0 aromatic carbocycles. The average Bonchev–Trinajstić information content (AvgIpc) is 3.07. The number of hydrogen-bond acceptors (Lipinski definition) is 9. The third kappa shape index (κ3) is 3.68. The Kier molecular flexibility index (Phi) is 4.35. The van der Waals surface area contributed by atoms with E-state index < -0.39 is 0 Å². The maximum absolute atomic E-state index is 8.81. The van der Waals surface area contributed by atoms with Crippen molar-refractivity contribution in [2.45, 2.75) is 24.9 Å². The molecule has 0 spiro atoms. The Morgan fingerprint density at radius 3 is 2.67 bits per heavy atom. The molecule has 10 nitrogen and oxygen atoms in total. The maximum atomic E-state index is 8.81. The molecule has 0 bridgehead atoms. The lowest BCUT2D eigenvalue weighted by Crippen LogP contribution is -2.44. The van der Waals surface area contributed by atoms with E-state index in [1.165, 1.54) is 12.4 Å². The summed E-state index contributed by atoms with van der Waals surface area (Å²) in [7, 11) is 1.86. The summed E-state index contributed by atoms with van der Waals surface area (Å²) in [4.78, 5) is 8.13. The van der Waals surface area contributed by atoms with E-state index in [1.54, 1.807) is 10.9 Å². The minimum absolute atomic E-state index is 0.241. The summed E-state index contributed by atoms with van der Waals surface area (Å²) < 4.78 is 1.72. The lowest BCUT2D eigenvalue weighted by molar-refractivity contribution is 0.373. The molecule has 1 aliphatic carbocycles. The van der Waals surface area contributed by atoms with E-state index in [1.807, 2.05) is 25.4 Å². The van der Waals surface area contributed by atoms with Crippen LogP contribution >= 0.6 is 0 Å². The van der Waals surface area contributed by atoms with E-state index in [4.69, 9.17) is 11.0 Å².